The van der Waals surface area contributed by atoms with E-state index in [1.165, 1.54) is 18.7 Å². The molecule has 0 spiro atoms. The van der Waals surface area contributed by atoms with E-state index in [1.807, 2.05) is 0 Å². The molecule has 4 bridgehead atoms. The summed E-state index contributed by atoms with van der Waals surface area (Å²) in [5, 5.41) is 10.6. The molecule has 0 aromatic rings. The largest absolute Gasteiger partial charge is 0.392 e. The maximum absolute atomic E-state index is 10.6. The molecule has 0 aromatic carbocycles. The molecular weight excluding hydrogens is 212 g/mol. The van der Waals surface area contributed by atoms with Crippen LogP contribution in [-0.2, 0) is 0 Å². The van der Waals surface area contributed by atoms with Crippen LogP contribution < -0.4 is 0 Å². The first-order valence-corrected chi connectivity index (χ1v) is 6.85. The fraction of sp³-hybridized carbons (Fsp3) is 0.857. The zero-order chi connectivity index (χ0) is 12.0. The standard InChI is InChI=1S/C14H24N2O/c1-11(2)3-4-14-9-15-5-6-16(10-14)8-12(7-15)13(14)17/h3,12-13,17H,4-10H2,1-2H3/t12?,13-,14?/m0/s1. The van der Waals surface area contributed by atoms with Crippen molar-refractivity contribution in [3.8, 4) is 0 Å². The quantitative estimate of drug-likeness (QED) is 0.723. The van der Waals surface area contributed by atoms with Gasteiger partial charge < -0.3 is 14.9 Å². The number of piperidine rings is 2. The second-order valence-electron chi connectivity index (χ2n) is 6.52. The van der Waals surface area contributed by atoms with Crippen molar-refractivity contribution in [1.82, 2.24) is 9.80 Å². The Kier molecular flexibility index (Phi) is 2.80. The van der Waals surface area contributed by atoms with Crippen LogP contribution in [-0.4, -0.2) is 60.3 Å². The van der Waals surface area contributed by atoms with Crippen molar-refractivity contribution in [2.75, 3.05) is 39.3 Å². The molecule has 4 aliphatic heterocycles. The summed E-state index contributed by atoms with van der Waals surface area (Å²) in [5.41, 5.74) is 1.48. The molecule has 0 amide bonds. The molecule has 4 heterocycles. The van der Waals surface area contributed by atoms with Gasteiger partial charge in [0.1, 0.15) is 0 Å². The van der Waals surface area contributed by atoms with Crippen LogP contribution in [0, 0.1) is 11.3 Å². The molecule has 17 heavy (non-hydrogen) atoms. The maximum Gasteiger partial charge on any atom is 0.0676 e. The van der Waals surface area contributed by atoms with E-state index in [1.54, 1.807) is 0 Å². The third kappa shape index (κ3) is 1.94. The van der Waals surface area contributed by atoms with Crippen molar-refractivity contribution in [3.05, 3.63) is 11.6 Å². The van der Waals surface area contributed by atoms with E-state index < -0.39 is 0 Å². The highest BCUT2D eigenvalue weighted by Gasteiger charge is 2.52. The first kappa shape index (κ1) is 11.7. The zero-order valence-electron chi connectivity index (χ0n) is 11.0. The molecule has 0 saturated carbocycles. The Morgan fingerprint density at radius 3 is 2.35 bits per heavy atom. The van der Waals surface area contributed by atoms with Crippen LogP contribution in [0.3, 0.4) is 0 Å². The lowest BCUT2D eigenvalue weighted by molar-refractivity contribution is -0.114. The van der Waals surface area contributed by atoms with E-state index in [9.17, 15) is 5.11 Å². The zero-order valence-corrected chi connectivity index (χ0v) is 11.0. The summed E-state index contributed by atoms with van der Waals surface area (Å²) in [6.07, 6.45) is 3.27. The van der Waals surface area contributed by atoms with Gasteiger partial charge in [-0.1, -0.05) is 11.6 Å². The lowest BCUT2D eigenvalue weighted by Gasteiger charge is -2.53. The van der Waals surface area contributed by atoms with Gasteiger partial charge in [-0.15, -0.1) is 0 Å². The SMILES string of the molecule is CC(C)=CCC12CN3CCN(CC(C3)[C@@H]1O)C2. The molecule has 4 saturated heterocycles. The normalized spacial score (nSPS) is 47.9. The summed E-state index contributed by atoms with van der Waals surface area (Å²) in [6, 6.07) is 0. The third-order valence-electron chi connectivity index (χ3n) is 4.79. The Labute approximate surface area is 104 Å². The van der Waals surface area contributed by atoms with Crippen molar-refractivity contribution in [3.63, 3.8) is 0 Å². The van der Waals surface area contributed by atoms with Crippen LogP contribution in [0.15, 0.2) is 11.6 Å². The Morgan fingerprint density at radius 2 is 1.82 bits per heavy atom. The molecule has 3 heteroatoms. The summed E-state index contributed by atoms with van der Waals surface area (Å²) in [4.78, 5) is 5.15. The number of rotatable bonds is 2. The summed E-state index contributed by atoms with van der Waals surface area (Å²) in [6.45, 7) is 11.1. The van der Waals surface area contributed by atoms with E-state index in [0.717, 1.165) is 32.6 Å². The van der Waals surface area contributed by atoms with Crippen LogP contribution in [0.25, 0.3) is 0 Å². The maximum atomic E-state index is 10.6. The van der Waals surface area contributed by atoms with Crippen LogP contribution in [0.1, 0.15) is 20.3 Å². The summed E-state index contributed by atoms with van der Waals surface area (Å²) in [7, 11) is 0. The highest BCUT2D eigenvalue weighted by molar-refractivity contribution is 5.10. The van der Waals surface area contributed by atoms with Crippen molar-refractivity contribution in [2.24, 2.45) is 11.3 Å². The van der Waals surface area contributed by atoms with E-state index in [2.05, 4.69) is 29.7 Å². The molecule has 4 aliphatic rings. The van der Waals surface area contributed by atoms with Crippen LogP contribution in [0.2, 0.25) is 0 Å². The highest BCUT2D eigenvalue weighted by atomic mass is 16.3. The number of aliphatic hydroxyl groups excluding tert-OH is 1. The number of allylic oxidation sites excluding steroid dienone is 2. The number of aliphatic hydroxyl groups is 1. The van der Waals surface area contributed by atoms with Gasteiger partial charge in [0.25, 0.3) is 0 Å². The minimum Gasteiger partial charge on any atom is -0.392 e. The molecule has 0 radical (unpaired) electrons. The van der Waals surface area contributed by atoms with Crippen molar-refractivity contribution in [2.45, 2.75) is 26.4 Å². The van der Waals surface area contributed by atoms with Crippen LogP contribution in [0.5, 0.6) is 0 Å². The van der Waals surface area contributed by atoms with E-state index in [4.69, 9.17) is 0 Å². The molecule has 4 rings (SSSR count). The number of hydrogen-bond donors (Lipinski definition) is 1. The minimum absolute atomic E-state index is 0.0938. The van der Waals surface area contributed by atoms with Crippen LogP contribution >= 0.6 is 0 Å². The molecule has 0 aliphatic carbocycles. The Bertz CT molecular complexity index is 319. The predicted molar refractivity (Wildman–Crippen MR) is 68.9 cm³/mol. The second kappa shape index (κ2) is 4.08. The summed E-state index contributed by atoms with van der Waals surface area (Å²) >= 11 is 0. The summed E-state index contributed by atoms with van der Waals surface area (Å²) in [5.74, 6) is 0.477. The van der Waals surface area contributed by atoms with Gasteiger partial charge in [0.2, 0.25) is 0 Å². The van der Waals surface area contributed by atoms with Gasteiger partial charge in [-0.05, 0) is 20.3 Å². The Morgan fingerprint density at radius 1 is 1.24 bits per heavy atom. The molecule has 3 nitrogen and oxygen atoms in total. The second-order valence-corrected chi connectivity index (χ2v) is 6.52. The molecule has 0 aromatic heterocycles. The highest BCUT2D eigenvalue weighted by Crippen LogP contribution is 2.43. The molecule has 4 fully saturated rings. The summed E-state index contributed by atoms with van der Waals surface area (Å²) < 4.78 is 0. The number of hydrogen-bond acceptors (Lipinski definition) is 3. The Balaban J connectivity index is 1.89. The van der Waals surface area contributed by atoms with E-state index in [0.29, 0.717) is 5.92 Å². The van der Waals surface area contributed by atoms with Gasteiger partial charge in [0, 0.05) is 50.6 Å². The van der Waals surface area contributed by atoms with Gasteiger partial charge >= 0.3 is 0 Å². The number of fused-ring (bicyclic) bond motifs is 1. The number of nitrogens with zero attached hydrogens (tertiary/aromatic N) is 2. The molecular formula is C14H24N2O. The van der Waals surface area contributed by atoms with E-state index in [-0.39, 0.29) is 11.5 Å². The third-order valence-corrected chi connectivity index (χ3v) is 4.79. The van der Waals surface area contributed by atoms with Crippen molar-refractivity contribution in [1.29, 1.82) is 0 Å². The van der Waals surface area contributed by atoms with Crippen LogP contribution in [0.4, 0.5) is 0 Å². The fourth-order valence-electron chi connectivity index (χ4n) is 3.96. The van der Waals surface area contributed by atoms with Gasteiger partial charge in [0.15, 0.2) is 0 Å². The van der Waals surface area contributed by atoms with Gasteiger partial charge in [-0.25, -0.2) is 0 Å². The molecule has 3 atom stereocenters. The Hall–Kier alpha value is -0.380. The molecule has 96 valence electrons. The van der Waals surface area contributed by atoms with E-state index >= 15 is 0 Å². The minimum atomic E-state index is -0.0938. The van der Waals surface area contributed by atoms with Gasteiger partial charge in [-0.3, -0.25) is 0 Å². The first-order chi connectivity index (χ1) is 8.09. The fourth-order valence-corrected chi connectivity index (χ4v) is 3.96. The lowest BCUT2D eigenvalue weighted by Crippen LogP contribution is -2.63. The average molecular weight is 236 g/mol. The first-order valence-electron chi connectivity index (χ1n) is 6.85. The monoisotopic (exact) mass is 236 g/mol. The lowest BCUT2D eigenvalue weighted by atomic mass is 9.68. The van der Waals surface area contributed by atoms with Crippen molar-refractivity contribution >= 4 is 0 Å². The average Bonchev–Trinajstić information content (AvgIpc) is 2.51. The van der Waals surface area contributed by atoms with Gasteiger partial charge in [0.05, 0.1) is 6.10 Å². The predicted octanol–water partition coefficient (Wildman–Crippen LogP) is 0.951. The topological polar surface area (TPSA) is 26.7 Å². The van der Waals surface area contributed by atoms with Gasteiger partial charge in [-0.2, -0.15) is 0 Å². The molecule has 1 N–H and O–H groups in total. The van der Waals surface area contributed by atoms with Crippen molar-refractivity contribution < 1.29 is 5.11 Å². The molecule has 2 unspecified atom stereocenters. The smallest absolute Gasteiger partial charge is 0.0676 e.